The van der Waals surface area contributed by atoms with Gasteiger partial charge < -0.3 is 26.9 Å². The molecule has 2 saturated heterocycles. The lowest BCUT2D eigenvalue weighted by Gasteiger charge is -2.26. The van der Waals surface area contributed by atoms with Crippen molar-refractivity contribution in [2.45, 2.75) is 13.3 Å². The van der Waals surface area contributed by atoms with Crippen molar-refractivity contribution >= 4 is 23.8 Å². The van der Waals surface area contributed by atoms with E-state index in [2.05, 4.69) is 10.3 Å². The molecule has 0 aliphatic carbocycles. The van der Waals surface area contributed by atoms with E-state index in [-0.39, 0.29) is 6.03 Å². The van der Waals surface area contributed by atoms with Gasteiger partial charge in [-0.3, -0.25) is 14.9 Å². The van der Waals surface area contributed by atoms with Crippen LogP contribution < -0.4 is 16.8 Å². The number of nitrogens with two attached hydrogens (primary N) is 2. The first-order chi connectivity index (χ1) is 14.0. The van der Waals surface area contributed by atoms with Gasteiger partial charge in [0.15, 0.2) is 5.84 Å². The molecule has 0 aromatic carbocycles. The van der Waals surface area contributed by atoms with Crippen molar-refractivity contribution in [1.29, 1.82) is 5.41 Å². The van der Waals surface area contributed by atoms with Gasteiger partial charge in [0, 0.05) is 42.0 Å². The molecule has 3 rings (SSSR count). The van der Waals surface area contributed by atoms with E-state index in [4.69, 9.17) is 26.7 Å². The molecule has 0 unspecified atom stereocenters. The number of amides is 2. The average molecular weight is 398 g/mol. The maximum atomic E-state index is 13.0. The number of carbonyl (C=O) groups is 1. The Bertz CT molecular complexity index is 871. The molecule has 2 amide bonds. The van der Waals surface area contributed by atoms with Crippen LogP contribution >= 0.6 is 0 Å². The number of amidine groups is 1. The highest BCUT2D eigenvalue weighted by atomic mass is 16.5. The average Bonchev–Trinajstić information content (AvgIpc) is 3.15. The van der Waals surface area contributed by atoms with Crippen LogP contribution in [0, 0.1) is 12.3 Å². The van der Waals surface area contributed by atoms with Crippen LogP contribution in [0.1, 0.15) is 12.1 Å². The number of hydrogen-bond donors (Lipinski definition) is 4. The quantitative estimate of drug-likeness (QED) is 0.556. The van der Waals surface area contributed by atoms with E-state index in [9.17, 15) is 4.79 Å². The highest BCUT2D eigenvalue weighted by molar-refractivity contribution is 6.13. The maximum absolute atomic E-state index is 13.0. The summed E-state index contributed by atoms with van der Waals surface area (Å²) < 4.78 is 5.38. The Hall–Kier alpha value is -3.40. The lowest BCUT2D eigenvalue weighted by Crippen LogP contribution is -2.40. The summed E-state index contributed by atoms with van der Waals surface area (Å²) in [6.07, 6.45) is 4.56. The first kappa shape index (κ1) is 20.3. The summed E-state index contributed by atoms with van der Waals surface area (Å²) in [4.78, 5) is 18.8. The van der Waals surface area contributed by atoms with Crippen molar-refractivity contribution in [2.75, 3.05) is 38.2 Å². The predicted molar refractivity (Wildman–Crippen MR) is 111 cm³/mol. The lowest BCUT2D eigenvalue weighted by molar-refractivity contribution is 0.0389. The molecule has 29 heavy (non-hydrogen) atoms. The number of likely N-dealkylation sites (tertiary alicyclic amines) is 1. The molecule has 0 spiro atoms. The van der Waals surface area contributed by atoms with Crippen molar-refractivity contribution in [1.82, 2.24) is 14.9 Å². The van der Waals surface area contributed by atoms with E-state index in [0.717, 1.165) is 11.9 Å². The summed E-state index contributed by atoms with van der Waals surface area (Å²) in [6, 6.07) is 3.25. The number of urea groups is 1. The van der Waals surface area contributed by atoms with Crippen molar-refractivity contribution in [3.8, 4) is 0 Å². The fourth-order valence-corrected chi connectivity index (χ4v) is 3.15. The molecule has 0 bridgehead atoms. The number of anilines is 1. The van der Waals surface area contributed by atoms with E-state index in [1.807, 2.05) is 11.9 Å². The van der Waals surface area contributed by atoms with Gasteiger partial charge in [-0.05, 0) is 25.5 Å². The molecule has 2 fully saturated rings. The van der Waals surface area contributed by atoms with Gasteiger partial charge >= 0.3 is 6.03 Å². The molecule has 0 saturated carbocycles. The zero-order valence-corrected chi connectivity index (χ0v) is 16.4. The fraction of sp³-hybridized carbons (Fsp3) is 0.368. The van der Waals surface area contributed by atoms with Crippen molar-refractivity contribution in [3.63, 3.8) is 0 Å². The van der Waals surface area contributed by atoms with Gasteiger partial charge in [-0.1, -0.05) is 0 Å². The summed E-state index contributed by atoms with van der Waals surface area (Å²) in [7, 11) is 0. The maximum Gasteiger partial charge on any atom is 0.327 e. The molecular weight excluding hydrogens is 372 g/mol. The first-order valence-corrected chi connectivity index (χ1v) is 9.38. The molecule has 3 heterocycles. The molecule has 154 valence electrons. The molecule has 0 radical (unpaired) electrons. The first-order valence-electron chi connectivity index (χ1n) is 9.38. The third-order valence-electron chi connectivity index (χ3n) is 4.80. The van der Waals surface area contributed by atoms with Crippen molar-refractivity contribution < 1.29 is 9.53 Å². The molecule has 2 aliphatic rings. The van der Waals surface area contributed by atoms with Crippen molar-refractivity contribution in [3.05, 3.63) is 47.1 Å². The van der Waals surface area contributed by atoms with E-state index in [0.29, 0.717) is 67.6 Å². The highest BCUT2D eigenvalue weighted by Gasteiger charge is 2.33. The van der Waals surface area contributed by atoms with E-state index >= 15 is 0 Å². The predicted octanol–water partition coefficient (Wildman–Crippen LogP) is 0.978. The van der Waals surface area contributed by atoms with Gasteiger partial charge in [0.05, 0.1) is 37.7 Å². The number of hydrogen-bond acceptors (Lipinski definition) is 8. The van der Waals surface area contributed by atoms with Crippen LogP contribution in [0.15, 0.2) is 46.5 Å². The molecule has 1 aromatic rings. The second-order valence-corrected chi connectivity index (χ2v) is 6.62. The number of nitrogens with zero attached hydrogens (tertiary/aromatic N) is 4. The van der Waals surface area contributed by atoms with Crippen LogP contribution in [0.3, 0.4) is 0 Å². The van der Waals surface area contributed by atoms with Crippen LogP contribution in [0.5, 0.6) is 0 Å². The molecule has 1 aromatic heterocycles. The van der Waals surface area contributed by atoms with Crippen LogP contribution in [0.4, 0.5) is 10.5 Å². The number of pyridine rings is 1. The minimum absolute atomic E-state index is 0.316. The molecule has 0 atom stereocenters. The van der Waals surface area contributed by atoms with Crippen LogP contribution in [-0.2, 0) is 4.74 Å². The number of carbonyl (C=O) groups excluding carboxylic acids is 1. The van der Waals surface area contributed by atoms with Crippen molar-refractivity contribution in [2.24, 2.45) is 16.6 Å². The Morgan fingerprint density at radius 2 is 2.14 bits per heavy atom. The Balaban J connectivity index is 1.94. The summed E-state index contributed by atoms with van der Waals surface area (Å²) in [5.41, 5.74) is 14.7. The number of aryl methyl sites for hydroxylation is 1. The molecule has 2 aliphatic heterocycles. The standard InChI is InChI=1S/C19H26N8O2/c1-13-16(3-2-5-23-13)24-19(28)27-6-4-15(17(22)14(11-20)12-21)18(27)25-26-7-9-29-10-8-26/h2-3,5,11-12,20H,4,6-10,21-22H2,1H3,(H,24,28)/b14-12+,17-15?,20-11?,25-18?. The number of hydrazone groups is 1. The summed E-state index contributed by atoms with van der Waals surface area (Å²) >= 11 is 0. The number of nitrogens with one attached hydrogen (secondary N) is 2. The molecule has 10 heteroatoms. The monoisotopic (exact) mass is 398 g/mol. The largest absolute Gasteiger partial charge is 0.404 e. The number of allylic oxidation sites excluding steroid dienone is 1. The van der Waals surface area contributed by atoms with Gasteiger partial charge in [-0.15, -0.1) is 0 Å². The Morgan fingerprint density at radius 3 is 2.79 bits per heavy atom. The molecule has 10 nitrogen and oxygen atoms in total. The van der Waals surface area contributed by atoms with Gasteiger partial charge in [0.1, 0.15) is 0 Å². The van der Waals surface area contributed by atoms with Crippen LogP contribution in [0.2, 0.25) is 0 Å². The van der Waals surface area contributed by atoms with Crippen LogP contribution in [0.25, 0.3) is 0 Å². The Morgan fingerprint density at radius 1 is 1.38 bits per heavy atom. The minimum atomic E-state index is -0.316. The number of aromatic nitrogens is 1. The second kappa shape index (κ2) is 9.20. The normalized spacial score (nSPS) is 20.7. The molecular formula is C19H26N8O2. The summed E-state index contributed by atoms with van der Waals surface area (Å²) in [6.45, 7) is 4.63. The second-order valence-electron chi connectivity index (χ2n) is 6.62. The minimum Gasteiger partial charge on any atom is -0.404 e. The zero-order valence-electron chi connectivity index (χ0n) is 16.4. The third-order valence-corrected chi connectivity index (χ3v) is 4.80. The topological polar surface area (TPSA) is 146 Å². The van der Waals surface area contributed by atoms with E-state index < -0.39 is 0 Å². The number of rotatable bonds is 4. The SMILES string of the molecule is Cc1ncccc1NC(=O)N1CCC(=C(N)/C(C=N)=C/N)C1=NN1CCOCC1. The van der Waals surface area contributed by atoms with Gasteiger partial charge in [-0.25, -0.2) is 4.79 Å². The number of morpholine rings is 1. The smallest absolute Gasteiger partial charge is 0.327 e. The number of ether oxygens (including phenoxy) is 1. The van der Waals surface area contributed by atoms with Gasteiger partial charge in [0.2, 0.25) is 0 Å². The van der Waals surface area contributed by atoms with Gasteiger partial charge in [-0.2, -0.15) is 5.10 Å². The third kappa shape index (κ3) is 4.54. The summed E-state index contributed by atoms with van der Waals surface area (Å²) in [5.74, 6) is 0.463. The zero-order chi connectivity index (χ0) is 20.8. The van der Waals surface area contributed by atoms with Crippen LogP contribution in [-0.4, -0.2) is 65.8 Å². The van der Waals surface area contributed by atoms with E-state index in [1.54, 1.807) is 23.2 Å². The lowest BCUT2D eigenvalue weighted by atomic mass is 10.1. The fourth-order valence-electron chi connectivity index (χ4n) is 3.15. The molecule has 6 N–H and O–H groups in total. The summed E-state index contributed by atoms with van der Waals surface area (Å²) in [5, 5.41) is 17.0. The Labute approximate surface area is 169 Å². The Kier molecular flexibility index (Phi) is 6.45. The highest BCUT2D eigenvalue weighted by Crippen LogP contribution is 2.25. The van der Waals surface area contributed by atoms with Gasteiger partial charge in [0.25, 0.3) is 0 Å². The van der Waals surface area contributed by atoms with E-state index in [1.165, 1.54) is 6.20 Å².